The summed E-state index contributed by atoms with van der Waals surface area (Å²) in [6, 6.07) is 6.88. The van der Waals surface area contributed by atoms with Crippen LogP contribution in [0.5, 0.6) is 0 Å². The van der Waals surface area contributed by atoms with Crippen LogP contribution in [0.2, 0.25) is 5.02 Å². The lowest BCUT2D eigenvalue weighted by Crippen LogP contribution is -2.37. The van der Waals surface area contributed by atoms with Crippen molar-refractivity contribution in [1.82, 2.24) is 4.90 Å². The zero-order chi connectivity index (χ0) is 14.9. The van der Waals surface area contributed by atoms with Crippen LogP contribution in [-0.2, 0) is 9.59 Å². The van der Waals surface area contributed by atoms with Crippen molar-refractivity contribution < 1.29 is 9.59 Å². The Labute approximate surface area is 128 Å². The molecule has 2 rings (SSSR count). The Hall–Kier alpha value is -1.26. The van der Waals surface area contributed by atoms with Crippen molar-refractivity contribution in [3.05, 3.63) is 39.8 Å². The van der Waals surface area contributed by atoms with Gasteiger partial charge >= 0.3 is 0 Å². The molecule has 1 aliphatic rings. The van der Waals surface area contributed by atoms with Crippen molar-refractivity contribution >= 4 is 40.8 Å². The summed E-state index contributed by atoms with van der Waals surface area (Å²) in [5, 5.41) is 0.608. The molecule has 3 nitrogen and oxygen atoms in total. The van der Waals surface area contributed by atoms with E-state index in [2.05, 4.69) is 0 Å². The van der Waals surface area contributed by atoms with Gasteiger partial charge in [-0.25, -0.2) is 0 Å². The van der Waals surface area contributed by atoms with Gasteiger partial charge in [-0.3, -0.25) is 14.5 Å². The second kappa shape index (κ2) is 6.02. The van der Waals surface area contributed by atoms with Crippen LogP contribution in [0.15, 0.2) is 29.2 Å². The van der Waals surface area contributed by atoms with E-state index in [1.807, 2.05) is 20.8 Å². The van der Waals surface area contributed by atoms with Crippen LogP contribution in [-0.4, -0.2) is 28.5 Å². The number of amides is 2. The predicted molar refractivity (Wildman–Crippen MR) is 83.5 cm³/mol. The number of carbonyl (C=O) groups excluding carboxylic acids is 2. The number of carbonyl (C=O) groups is 2. The Kier molecular flexibility index (Phi) is 4.55. The van der Waals surface area contributed by atoms with Crippen LogP contribution >= 0.6 is 23.4 Å². The van der Waals surface area contributed by atoms with Gasteiger partial charge in [0.1, 0.15) is 0 Å². The Bertz CT molecular complexity index is 578. The molecule has 0 aromatic heterocycles. The van der Waals surface area contributed by atoms with Crippen molar-refractivity contribution in [3.8, 4) is 0 Å². The number of hydrogen-bond donors (Lipinski definition) is 0. The molecule has 1 aromatic rings. The molecular formula is C15H16ClNO2S. The highest BCUT2D eigenvalue weighted by Crippen LogP contribution is 2.37. The summed E-state index contributed by atoms with van der Waals surface area (Å²) in [7, 11) is 0. The summed E-state index contributed by atoms with van der Waals surface area (Å²) >= 11 is 7.29. The largest absolute Gasteiger partial charge is 0.271 e. The van der Waals surface area contributed by atoms with Gasteiger partial charge < -0.3 is 0 Å². The van der Waals surface area contributed by atoms with Gasteiger partial charge in [-0.15, -0.1) is 11.8 Å². The summed E-state index contributed by atoms with van der Waals surface area (Å²) < 4.78 is 0. The Morgan fingerprint density at radius 2 is 1.75 bits per heavy atom. The van der Waals surface area contributed by atoms with Crippen LogP contribution in [0, 0.1) is 0 Å². The van der Waals surface area contributed by atoms with Crippen LogP contribution in [0.25, 0.3) is 5.57 Å². The molecule has 1 aromatic carbocycles. The number of thioether (sulfide) groups is 1. The third-order valence-electron chi connectivity index (χ3n) is 3.01. The molecular weight excluding hydrogens is 294 g/mol. The second-order valence-corrected chi connectivity index (χ2v) is 6.43. The lowest BCUT2D eigenvalue weighted by Gasteiger charge is -2.19. The van der Waals surface area contributed by atoms with Crippen molar-refractivity contribution in [2.24, 2.45) is 0 Å². The summed E-state index contributed by atoms with van der Waals surface area (Å²) in [4.78, 5) is 26.8. The number of hydrogen-bond acceptors (Lipinski definition) is 3. The van der Waals surface area contributed by atoms with Gasteiger partial charge in [-0.05, 0) is 37.3 Å². The lowest BCUT2D eigenvalue weighted by atomic mass is 10.1. The van der Waals surface area contributed by atoms with E-state index < -0.39 is 0 Å². The van der Waals surface area contributed by atoms with Crippen LogP contribution in [0.4, 0.5) is 0 Å². The quantitative estimate of drug-likeness (QED) is 0.798. The van der Waals surface area contributed by atoms with Gasteiger partial charge in [0.2, 0.25) is 0 Å². The van der Waals surface area contributed by atoms with Crippen LogP contribution in [0.3, 0.4) is 0 Å². The molecule has 0 bridgehead atoms. The minimum Gasteiger partial charge on any atom is -0.271 e. The second-order valence-electron chi connectivity index (χ2n) is 4.72. The lowest BCUT2D eigenvalue weighted by molar-refractivity contribution is -0.138. The maximum atomic E-state index is 12.5. The predicted octanol–water partition coefficient (Wildman–Crippen LogP) is 3.58. The van der Waals surface area contributed by atoms with E-state index in [9.17, 15) is 9.59 Å². The van der Waals surface area contributed by atoms with E-state index in [-0.39, 0.29) is 17.9 Å². The number of halogens is 1. The fraction of sp³-hybridized carbons (Fsp3) is 0.333. The van der Waals surface area contributed by atoms with E-state index >= 15 is 0 Å². The van der Waals surface area contributed by atoms with Crippen molar-refractivity contribution in [3.63, 3.8) is 0 Å². The minimum absolute atomic E-state index is 0.146. The Morgan fingerprint density at radius 3 is 2.25 bits per heavy atom. The van der Waals surface area contributed by atoms with Crippen LogP contribution in [0.1, 0.15) is 26.3 Å². The maximum Gasteiger partial charge on any atom is 0.268 e. The highest BCUT2D eigenvalue weighted by molar-refractivity contribution is 8.04. The minimum atomic E-state index is -0.219. The molecule has 0 saturated heterocycles. The Balaban J connectivity index is 2.52. The van der Waals surface area contributed by atoms with E-state index in [4.69, 9.17) is 11.6 Å². The molecule has 1 aliphatic heterocycles. The molecule has 20 heavy (non-hydrogen) atoms. The molecule has 0 fully saturated rings. The molecule has 0 radical (unpaired) electrons. The molecule has 0 N–H and O–H groups in total. The summed E-state index contributed by atoms with van der Waals surface area (Å²) in [6.45, 7) is 5.65. The summed E-state index contributed by atoms with van der Waals surface area (Å²) in [5.41, 5.74) is 1.24. The average Bonchev–Trinajstić information content (AvgIpc) is 2.63. The highest BCUT2D eigenvalue weighted by atomic mass is 35.5. The zero-order valence-corrected chi connectivity index (χ0v) is 13.2. The zero-order valence-electron chi connectivity index (χ0n) is 11.6. The van der Waals surface area contributed by atoms with Crippen LogP contribution < -0.4 is 0 Å². The molecule has 106 valence electrons. The van der Waals surface area contributed by atoms with Gasteiger partial charge in [0, 0.05) is 11.1 Å². The van der Waals surface area contributed by atoms with Crippen molar-refractivity contribution in [2.45, 2.75) is 26.8 Å². The average molecular weight is 310 g/mol. The SMILES string of the molecule is CCSC1=C(c2ccc(Cl)cc2)C(=O)N(C(C)C)C1=O. The molecule has 1 heterocycles. The van der Waals surface area contributed by atoms with E-state index in [1.54, 1.807) is 24.3 Å². The van der Waals surface area contributed by atoms with E-state index in [0.717, 1.165) is 11.3 Å². The molecule has 0 unspecified atom stereocenters. The molecule has 5 heteroatoms. The first kappa shape index (κ1) is 15.1. The molecule has 0 spiro atoms. The van der Waals surface area contributed by atoms with Gasteiger partial charge in [-0.2, -0.15) is 0 Å². The van der Waals surface area contributed by atoms with Gasteiger partial charge in [0.15, 0.2) is 0 Å². The summed E-state index contributed by atoms with van der Waals surface area (Å²) in [5.74, 6) is 0.335. The highest BCUT2D eigenvalue weighted by Gasteiger charge is 2.40. The molecule has 0 aliphatic carbocycles. The number of nitrogens with zero attached hydrogens (tertiary/aromatic N) is 1. The number of imide groups is 1. The summed E-state index contributed by atoms with van der Waals surface area (Å²) in [6.07, 6.45) is 0. The molecule has 0 atom stereocenters. The normalized spacial score (nSPS) is 15.8. The fourth-order valence-corrected chi connectivity index (χ4v) is 3.13. The first-order valence-electron chi connectivity index (χ1n) is 6.48. The Morgan fingerprint density at radius 1 is 1.15 bits per heavy atom. The number of benzene rings is 1. The van der Waals surface area contributed by atoms with Gasteiger partial charge in [-0.1, -0.05) is 30.7 Å². The number of rotatable bonds is 4. The molecule has 0 saturated carbocycles. The topological polar surface area (TPSA) is 37.4 Å². The smallest absolute Gasteiger partial charge is 0.268 e. The van der Waals surface area contributed by atoms with Gasteiger partial charge in [0.25, 0.3) is 11.8 Å². The maximum absolute atomic E-state index is 12.5. The first-order valence-corrected chi connectivity index (χ1v) is 7.84. The third kappa shape index (κ3) is 2.63. The third-order valence-corrected chi connectivity index (χ3v) is 4.22. The van der Waals surface area contributed by atoms with E-state index in [1.165, 1.54) is 16.7 Å². The first-order chi connectivity index (χ1) is 9.47. The standard InChI is InChI=1S/C15H16ClNO2S/c1-4-20-13-12(10-5-7-11(16)8-6-10)14(18)17(9(2)3)15(13)19/h5-9H,4H2,1-3H3. The van der Waals surface area contributed by atoms with E-state index in [0.29, 0.717) is 15.5 Å². The fourth-order valence-electron chi connectivity index (χ4n) is 2.14. The van der Waals surface area contributed by atoms with Crippen molar-refractivity contribution in [2.75, 3.05) is 5.75 Å². The molecule has 2 amide bonds. The van der Waals surface area contributed by atoms with Crippen molar-refractivity contribution in [1.29, 1.82) is 0 Å². The monoisotopic (exact) mass is 309 g/mol. The van der Waals surface area contributed by atoms with Gasteiger partial charge in [0.05, 0.1) is 10.5 Å².